The van der Waals surface area contributed by atoms with Crippen LogP contribution in [0.1, 0.15) is 57.9 Å². The fourth-order valence-corrected chi connectivity index (χ4v) is 2.57. The third-order valence-corrected chi connectivity index (χ3v) is 3.83. The number of hydrogen-bond acceptors (Lipinski definition) is 2. The third-order valence-electron chi connectivity index (χ3n) is 3.83. The monoisotopic (exact) mass is 260 g/mol. The van der Waals surface area contributed by atoms with Crippen LogP contribution in [-0.2, 0) is 9.53 Å². The van der Waals surface area contributed by atoms with Gasteiger partial charge in [0.1, 0.15) is 6.10 Å². The topological polar surface area (TPSA) is 26.3 Å². The molecule has 104 valence electrons. The molecule has 0 radical (unpaired) electrons. The van der Waals surface area contributed by atoms with Gasteiger partial charge < -0.3 is 4.74 Å². The molecule has 0 aromatic heterocycles. The summed E-state index contributed by atoms with van der Waals surface area (Å²) < 4.78 is 5.60. The Balaban J connectivity index is 1.85. The molecular formula is C17H24O2. The van der Waals surface area contributed by atoms with E-state index in [1.54, 1.807) is 0 Å². The summed E-state index contributed by atoms with van der Waals surface area (Å²) in [6, 6.07) is 10.7. The van der Waals surface area contributed by atoms with Gasteiger partial charge in [0.15, 0.2) is 0 Å². The molecule has 0 bridgehead atoms. The van der Waals surface area contributed by atoms with Crippen LogP contribution < -0.4 is 0 Å². The summed E-state index contributed by atoms with van der Waals surface area (Å²) in [4.78, 5) is 11.9. The van der Waals surface area contributed by atoms with Crippen molar-refractivity contribution in [3.05, 3.63) is 35.9 Å². The molecule has 0 atom stereocenters. The Morgan fingerprint density at radius 3 is 2.16 bits per heavy atom. The molecule has 1 aromatic rings. The second-order valence-corrected chi connectivity index (χ2v) is 6.54. The van der Waals surface area contributed by atoms with Crippen LogP contribution in [0.3, 0.4) is 0 Å². The standard InChI is InChI=1S/C17H24O2/c1-17(2,3)16(18)19-15-11-9-14(10-12-15)13-7-5-4-6-8-13/h4-8,14-15H,9-12H2,1-3H3. The Kier molecular flexibility index (Phi) is 4.28. The highest BCUT2D eigenvalue weighted by Crippen LogP contribution is 2.34. The van der Waals surface area contributed by atoms with E-state index in [1.165, 1.54) is 5.56 Å². The number of benzene rings is 1. The van der Waals surface area contributed by atoms with Crippen LogP contribution in [0.4, 0.5) is 0 Å². The number of carbonyl (C=O) groups is 1. The molecule has 2 rings (SSSR count). The maximum Gasteiger partial charge on any atom is 0.311 e. The Labute approximate surface area is 116 Å². The molecular weight excluding hydrogens is 236 g/mol. The highest BCUT2D eigenvalue weighted by Gasteiger charge is 2.29. The smallest absolute Gasteiger partial charge is 0.311 e. The van der Waals surface area contributed by atoms with Crippen molar-refractivity contribution < 1.29 is 9.53 Å². The zero-order valence-corrected chi connectivity index (χ0v) is 12.2. The van der Waals surface area contributed by atoms with Crippen LogP contribution in [0.25, 0.3) is 0 Å². The van der Waals surface area contributed by atoms with E-state index in [0.717, 1.165) is 25.7 Å². The lowest BCUT2D eigenvalue weighted by molar-refractivity contribution is -0.160. The largest absolute Gasteiger partial charge is 0.462 e. The fraction of sp³-hybridized carbons (Fsp3) is 0.588. The zero-order chi connectivity index (χ0) is 13.9. The lowest BCUT2D eigenvalue weighted by Gasteiger charge is -2.30. The van der Waals surface area contributed by atoms with Crippen molar-refractivity contribution in [3.8, 4) is 0 Å². The molecule has 0 amide bonds. The first-order valence-electron chi connectivity index (χ1n) is 7.23. The minimum atomic E-state index is -0.393. The van der Waals surface area contributed by atoms with Crippen molar-refractivity contribution >= 4 is 5.97 Å². The Hall–Kier alpha value is -1.31. The van der Waals surface area contributed by atoms with Crippen LogP contribution >= 0.6 is 0 Å². The van der Waals surface area contributed by atoms with Gasteiger partial charge in [-0.25, -0.2) is 0 Å². The first-order chi connectivity index (χ1) is 8.97. The van der Waals surface area contributed by atoms with Gasteiger partial charge in [-0.3, -0.25) is 4.79 Å². The molecule has 2 nitrogen and oxygen atoms in total. The summed E-state index contributed by atoms with van der Waals surface area (Å²) in [6.07, 6.45) is 4.33. The second-order valence-electron chi connectivity index (χ2n) is 6.54. The van der Waals surface area contributed by atoms with Crippen LogP contribution in [0, 0.1) is 5.41 Å². The van der Waals surface area contributed by atoms with E-state index < -0.39 is 5.41 Å². The van der Waals surface area contributed by atoms with Gasteiger partial charge in [0.2, 0.25) is 0 Å². The maximum absolute atomic E-state index is 11.9. The average molecular weight is 260 g/mol. The van der Waals surface area contributed by atoms with Gasteiger partial charge in [0.05, 0.1) is 5.41 Å². The van der Waals surface area contributed by atoms with Crippen molar-refractivity contribution in [2.24, 2.45) is 5.41 Å². The molecule has 19 heavy (non-hydrogen) atoms. The van der Waals surface area contributed by atoms with E-state index in [4.69, 9.17) is 4.74 Å². The molecule has 2 heteroatoms. The summed E-state index contributed by atoms with van der Waals surface area (Å²) in [7, 11) is 0. The van der Waals surface area contributed by atoms with Crippen molar-refractivity contribution in [3.63, 3.8) is 0 Å². The zero-order valence-electron chi connectivity index (χ0n) is 12.2. The molecule has 1 aromatic carbocycles. The minimum Gasteiger partial charge on any atom is -0.462 e. The molecule has 0 spiro atoms. The normalized spacial score (nSPS) is 23.9. The van der Waals surface area contributed by atoms with Crippen molar-refractivity contribution in [2.75, 3.05) is 0 Å². The van der Waals surface area contributed by atoms with Crippen molar-refractivity contribution in [2.45, 2.75) is 58.5 Å². The average Bonchev–Trinajstić information content (AvgIpc) is 2.39. The van der Waals surface area contributed by atoms with E-state index in [-0.39, 0.29) is 12.1 Å². The molecule has 0 N–H and O–H groups in total. The first kappa shape index (κ1) is 14.1. The lowest BCUT2D eigenvalue weighted by Crippen LogP contribution is -2.30. The van der Waals surface area contributed by atoms with Crippen LogP contribution in [0.5, 0.6) is 0 Å². The number of hydrogen-bond donors (Lipinski definition) is 0. The van der Waals surface area contributed by atoms with E-state index in [1.807, 2.05) is 20.8 Å². The van der Waals surface area contributed by atoms with E-state index in [9.17, 15) is 4.79 Å². The summed E-state index contributed by atoms with van der Waals surface area (Å²) in [6.45, 7) is 5.72. The Morgan fingerprint density at radius 1 is 1.05 bits per heavy atom. The summed E-state index contributed by atoms with van der Waals surface area (Å²) in [5, 5.41) is 0. The highest BCUT2D eigenvalue weighted by molar-refractivity contribution is 5.75. The summed E-state index contributed by atoms with van der Waals surface area (Å²) >= 11 is 0. The third kappa shape index (κ3) is 3.82. The molecule has 1 fully saturated rings. The lowest BCUT2D eigenvalue weighted by atomic mass is 9.82. The second kappa shape index (κ2) is 5.77. The molecule has 0 aliphatic heterocycles. The van der Waals surface area contributed by atoms with Crippen LogP contribution in [0.2, 0.25) is 0 Å². The van der Waals surface area contributed by atoms with Crippen LogP contribution in [0.15, 0.2) is 30.3 Å². The van der Waals surface area contributed by atoms with Gasteiger partial charge >= 0.3 is 5.97 Å². The molecule has 0 heterocycles. The van der Waals surface area contributed by atoms with Gasteiger partial charge in [0, 0.05) is 0 Å². The summed E-state index contributed by atoms with van der Waals surface area (Å²) in [5.41, 5.74) is 1.03. The number of carbonyl (C=O) groups excluding carboxylic acids is 1. The quantitative estimate of drug-likeness (QED) is 0.741. The van der Waals surface area contributed by atoms with E-state index in [0.29, 0.717) is 5.92 Å². The van der Waals surface area contributed by atoms with Gasteiger partial charge in [-0.1, -0.05) is 30.3 Å². The number of rotatable bonds is 2. The highest BCUT2D eigenvalue weighted by atomic mass is 16.5. The fourth-order valence-electron chi connectivity index (χ4n) is 2.57. The van der Waals surface area contributed by atoms with Crippen molar-refractivity contribution in [1.82, 2.24) is 0 Å². The number of esters is 1. The molecule has 1 aliphatic carbocycles. The van der Waals surface area contributed by atoms with Crippen molar-refractivity contribution in [1.29, 1.82) is 0 Å². The Morgan fingerprint density at radius 2 is 1.63 bits per heavy atom. The predicted molar refractivity (Wildman–Crippen MR) is 77.0 cm³/mol. The molecule has 1 aliphatic rings. The van der Waals surface area contributed by atoms with Gasteiger partial charge in [-0.15, -0.1) is 0 Å². The van der Waals surface area contributed by atoms with Crippen LogP contribution in [-0.4, -0.2) is 12.1 Å². The van der Waals surface area contributed by atoms with Gasteiger partial charge in [-0.05, 0) is 57.9 Å². The molecule has 0 unspecified atom stereocenters. The minimum absolute atomic E-state index is 0.0735. The van der Waals surface area contributed by atoms with Gasteiger partial charge in [-0.2, -0.15) is 0 Å². The van der Waals surface area contributed by atoms with E-state index in [2.05, 4.69) is 30.3 Å². The van der Waals surface area contributed by atoms with E-state index >= 15 is 0 Å². The SMILES string of the molecule is CC(C)(C)C(=O)OC1CCC(c2ccccc2)CC1. The predicted octanol–water partition coefficient (Wildman–Crippen LogP) is 4.30. The maximum atomic E-state index is 11.9. The number of ether oxygens (including phenoxy) is 1. The summed E-state index contributed by atoms with van der Waals surface area (Å²) in [5.74, 6) is 0.557. The molecule has 1 saturated carbocycles. The first-order valence-corrected chi connectivity index (χ1v) is 7.23. The Bertz CT molecular complexity index is 409. The van der Waals surface area contributed by atoms with Gasteiger partial charge in [0.25, 0.3) is 0 Å². The molecule has 0 saturated heterocycles.